The Labute approximate surface area is 118 Å². The van der Waals surface area contributed by atoms with Crippen molar-refractivity contribution in [3.63, 3.8) is 0 Å². The lowest BCUT2D eigenvalue weighted by Crippen LogP contribution is -2.26. The molecular formula is C13H20ClNO2S. The third-order valence-electron chi connectivity index (χ3n) is 3.09. The molecule has 0 aromatic carbocycles. The quantitative estimate of drug-likeness (QED) is 0.746. The van der Waals surface area contributed by atoms with Crippen LogP contribution in [0.3, 0.4) is 0 Å². The topological polar surface area (TPSA) is 40.5 Å². The molecule has 1 aromatic rings. The third-order valence-corrected chi connectivity index (χ3v) is 3.95. The van der Waals surface area contributed by atoms with Gasteiger partial charge in [-0.05, 0) is 43.7 Å². The highest BCUT2D eigenvalue weighted by Gasteiger charge is 2.28. The summed E-state index contributed by atoms with van der Waals surface area (Å²) in [4.78, 5) is 14.4. The molecule has 0 unspecified atom stereocenters. The Hall–Kier alpha value is -0.580. The van der Waals surface area contributed by atoms with Crippen LogP contribution in [0.1, 0.15) is 37.0 Å². The van der Waals surface area contributed by atoms with Gasteiger partial charge in [0.25, 0.3) is 0 Å². The van der Waals surface area contributed by atoms with E-state index in [4.69, 9.17) is 5.11 Å². The monoisotopic (exact) mass is 289 g/mol. The van der Waals surface area contributed by atoms with Crippen LogP contribution in [0.4, 0.5) is 0 Å². The predicted molar refractivity (Wildman–Crippen MR) is 76.5 cm³/mol. The highest BCUT2D eigenvalue weighted by molar-refractivity contribution is 7.09. The van der Waals surface area contributed by atoms with Gasteiger partial charge in [-0.2, -0.15) is 0 Å². The molecule has 1 N–H and O–H groups in total. The number of thiophene rings is 1. The van der Waals surface area contributed by atoms with Gasteiger partial charge in [-0.15, -0.1) is 23.7 Å². The number of hydrogen-bond acceptors (Lipinski definition) is 3. The Kier molecular flexibility index (Phi) is 6.68. The molecule has 0 atom stereocenters. The van der Waals surface area contributed by atoms with E-state index in [2.05, 4.69) is 22.4 Å². The van der Waals surface area contributed by atoms with Crippen LogP contribution in [0.15, 0.2) is 17.5 Å². The van der Waals surface area contributed by atoms with Gasteiger partial charge in [0.15, 0.2) is 0 Å². The molecule has 0 radical (unpaired) electrons. The van der Waals surface area contributed by atoms with E-state index < -0.39 is 5.97 Å². The molecule has 3 nitrogen and oxygen atoms in total. The molecule has 0 amide bonds. The minimum absolute atomic E-state index is 0. The molecule has 1 aromatic heterocycles. The Balaban J connectivity index is 0.00000162. The van der Waals surface area contributed by atoms with Crippen LogP contribution in [-0.4, -0.2) is 28.6 Å². The minimum Gasteiger partial charge on any atom is -0.481 e. The third kappa shape index (κ3) is 5.38. The van der Waals surface area contributed by atoms with Gasteiger partial charge < -0.3 is 5.11 Å². The summed E-state index contributed by atoms with van der Waals surface area (Å²) in [5.74, 6) is -0.679. The summed E-state index contributed by atoms with van der Waals surface area (Å²) in [6.45, 7) is 2.07. The van der Waals surface area contributed by atoms with Crippen molar-refractivity contribution in [2.24, 2.45) is 0 Å². The highest BCUT2D eigenvalue weighted by atomic mass is 35.5. The molecule has 2 rings (SSSR count). The molecule has 5 heteroatoms. The van der Waals surface area contributed by atoms with Gasteiger partial charge in [-0.25, -0.2) is 0 Å². The molecule has 0 spiro atoms. The van der Waals surface area contributed by atoms with Gasteiger partial charge in [0, 0.05) is 23.9 Å². The average molecular weight is 290 g/mol. The van der Waals surface area contributed by atoms with E-state index in [0.717, 1.165) is 32.0 Å². The zero-order chi connectivity index (χ0) is 12.1. The van der Waals surface area contributed by atoms with Crippen LogP contribution < -0.4 is 0 Å². The number of halogens is 1. The standard InChI is InChI=1S/C13H19NO2S.ClH/c15-13(16)5-1-2-8-14(11-6-7-11)10-12-4-3-9-17-12;/h3-4,9,11H,1-2,5-8,10H2,(H,15,16);1H. The van der Waals surface area contributed by atoms with Crippen LogP contribution in [-0.2, 0) is 11.3 Å². The lowest BCUT2D eigenvalue weighted by atomic mass is 10.2. The van der Waals surface area contributed by atoms with E-state index in [1.54, 1.807) is 11.3 Å². The molecule has 102 valence electrons. The summed E-state index contributed by atoms with van der Waals surface area (Å²) in [6, 6.07) is 5.02. The Morgan fingerprint density at radius 3 is 2.78 bits per heavy atom. The van der Waals surface area contributed by atoms with Gasteiger partial charge in [-0.1, -0.05) is 6.07 Å². The lowest BCUT2D eigenvalue weighted by Gasteiger charge is -2.20. The normalized spacial score (nSPS) is 14.5. The van der Waals surface area contributed by atoms with Gasteiger partial charge in [-0.3, -0.25) is 9.69 Å². The maximum atomic E-state index is 10.4. The number of unbranched alkanes of at least 4 members (excludes halogenated alkanes) is 1. The molecule has 0 bridgehead atoms. The van der Waals surface area contributed by atoms with Crippen molar-refractivity contribution in [3.05, 3.63) is 22.4 Å². The second kappa shape index (κ2) is 7.77. The van der Waals surface area contributed by atoms with Crippen LogP contribution >= 0.6 is 23.7 Å². The van der Waals surface area contributed by atoms with Gasteiger partial charge in [0.1, 0.15) is 0 Å². The van der Waals surface area contributed by atoms with E-state index in [0.29, 0.717) is 6.42 Å². The summed E-state index contributed by atoms with van der Waals surface area (Å²) in [5.41, 5.74) is 0. The van der Waals surface area contributed by atoms with Gasteiger partial charge in [0.2, 0.25) is 0 Å². The smallest absolute Gasteiger partial charge is 0.303 e. The number of aliphatic carboxylic acids is 1. The molecule has 0 aliphatic heterocycles. The van der Waals surface area contributed by atoms with Crippen LogP contribution in [0.5, 0.6) is 0 Å². The van der Waals surface area contributed by atoms with E-state index >= 15 is 0 Å². The number of nitrogens with zero attached hydrogens (tertiary/aromatic N) is 1. The second-order valence-corrected chi connectivity index (χ2v) is 5.66. The number of hydrogen-bond donors (Lipinski definition) is 1. The average Bonchev–Trinajstić information content (AvgIpc) is 3.01. The fraction of sp³-hybridized carbons (Fsp3) is 0.615. The van der Waals surface area contributed by atoms with Crippen LogP contribution in [0.25, 0.3) is 0 Å². The SMILES string of the molecule is Cl.O=C(O)CCCCN(Cc1cccs1)C1CC1. The molecule has 1 heterocycles. The van der Waals surface area contributed by atoms with Crippen LogP contribution in [0, 0.1) is 0 Å². The zero-order valence-corrected chi connectivity index (χ0v) is 12.0. The molecule has 0 saturated heterocycles. The Morgan fingerprint density at radius 1 is 1.44 bits per heavy atom. The van der Waals surface area contributed by atoms with Crippen molar-refractivity contribution >= 4 is 29.7 Å². The van der Waals surface area contributed by atoms with Crippen LogP contribution in [0.2, 0.25) is 0 Å². The zero-order valence-electron chi connectivity index (χ0n) is 10.4. The van der Waals surface area contributed by atoms with Crippen molar-refractivity contribution in [1.82, 2.24) is 4.90 Å². The molecule has 1 fully saturated rings. The number of carbonyl (C=O) groups is 1. The molecule has 18 heavy (non-hydrogen) atoms. The molecule has 1 saturated carbocycles. The first kappa shape index (κ1) is 15.5. The van der Waals surface area contributed by atoms with Crippen molar-refractivity contribution in [3.8, 4) is 0 Å². The molecule has 1 aliphatic rings. The fourth-order valence-electron chi connectivity index (χ4n) is 2.02. The number of rotatable bonds is 8. The molecular weight excluding hydrogens is 270 g/mol. The maximum absolute atomic E-state index is 10.4. The fourth-order valence-corrected chi connectivity index (χ4v) is 2.75. The van der Waals surface area contributed by atoms with Gasteiger partial charge in [0.05, 0.1) is 0 Å². The Morgan fingerprint density at radius 2 is 2.22 bits per heavy atom. The van der Waals surface area contributed by atoms with Crippen molar-refractivity contribution in [1.29, 1.82) is 0 Å². The highest BCUT2D eigenvalue weighted by Crippen LogP contribution is 2.29. The first-order chi connectivity index (χ1) is 8.25. The van der Waals surface area contributed by atoms with Crippen molar-refractivity contribution < 1.29 is 9.90 Å². The summed E-state index contributed by atoms with van der Waals surface area (Å²) in [5, 5.41) is 10.7. The van der Waals surface area contributed by atoms with Crippen molar-refractivity contribution in [2.75, 3.05) is 6.54 Å². The van der Waals surface area contributed by atoms with E-state index in [1.165, 1.54) is 17.7 Å². The largest absolute Gasteiger partial charge is 0.481 e. The summed E-state index contributed by atoms with van der Waals surface area (Å²) in [7, 11) is 0. The molecule has 1 aliphatic carbocycles. The van der Waals surface area contributed by atoms with Crippen molar-refractivity contribution in [2.45, 2.75) is 44.7 Å². The van der Waals surface area contributed by atoms with E-state index in [1.807, 2.05) is 0 Å². The van der Waals surface area contributed by atoms with Gasteiger partial charge >= 0.3 is 5.97 Å². The predicted octanol–water partition coefficient (Wildman–Crippen LogP) is 3.39. The van der Waals surface area contributed by atoms with E-state index in [9.17, 15) is 4.79 Å². The Bertz CT molecular complexity index is 352. The summed E-state index contributed by atoms with van der Waals surface area (Å²) in [6.07, 6.45) is 4.71. The van der Waals surface area contributed by atoms with E-state index in [-0.39, 0.29) is 12.4 Å². The minimum atomic E-state index is -0.679. The number of carboxylic acid groups (broad SMARTS) is 1. The maximum Gasteiger partial charge on any atom is 0.303 e. The summed E-state index contributed by atoms with van der Waals surface area (Å²) >= 11 is 1.80. The lowest BCUT2D eigenvalue weighted by molar-refractivity contribution is -0.137. The number of carboxylic acids is 1. The second-order valence-electron chi connectivity index (χ2n) is 4.63. The first-order valence-electron chi connectivity index (χ1n) is 6.24. The first-order valence-corrected chi connectivity index (χ1v) is 7.12. The summed E-state index contributed by atoms with van der Waals surface area (Å²) < 4.78 is 0.